The average molecular weight is 209 g/mol. The fourth-order valence-corrected chi connectivity index (χ4v) is 1.39. The summed E-state index contributed by atoms with van der Waals surface area (Å²) in [7, 11) is 3.09. The van der Waals surface area contributed by atoms with Gasteiger partial charge < -0.3 is 15.2 Å². The van der Waals surface area contributed by atoms with Crippen molar-refractivity contribution in [1.82, 2.24) is 0 Å². The number of hydrogen-bond donors (Lipinski definition) is 1. The second-order valence-corrected chi connectivity index (χ2v) is 3.15. The molecule has 0 fully saturated rings. The zero-order valence-corrected chi connectivity index (χ0v) is 9.16. The van der Waals surface area contributed by atoms with Crippen LogP contribution in [0.5, 0.6) is 11.5 Å². The summed E-state index contributed by atoms with van der Waals surface area (Å²) in [6.07, 6.45) is 0. The van der Waals surface area contributed by atoms with Crippen molar-refractivity contribution >= 4 is 5.78 Å². The van der Waals surface area contributed by atoms with Crippen molar-refractivity contribution in [3.63, 3.8) is 0 Å². The molecule has 0 spiro atoms. The van der Waals surface area contributed by atoms with E-state index in [4.69, 9.17) is 15.2 Å². The van der Waals surface area contributed by atoms with Gasteiger partial charge >= 0.3 is 0 Å². The van der Waals surface area contributed by atoms with E-state index in [1.165, 1.54) is 7.11 Å². The molecule has 15 heavy (non-hydrogen) atoms. The third kappa shape index (κ3) is 2.27. The summed E-state index contributed by atoms with van der Waals surface area (Å²) in [4.78, 5) is 11.5. The molecule has 0 aromatic heterocycles. The first-order valence-electron chi connectivity index (χ1n) is 4.60. The summed E-state index contributed by atoms with van der Waals surface area (Å²) in [5, 5.41) is 0. The fourth-order valence-electron chi connectivity index (χ4n) is 1.39. The number of ketones is 1. The normalized spacial score (nSPS) is 9.87. The molecule has 0 heterocycles. The van der Waals surface area contributed by atoms with Crippen molar-refractivity contribution in [1.29, 1.82) is 0 Å². The van der Waals surface area contributed by atoms with Crippen LogP contribution in [-0.4, -0.2) is 26.5 Å². The molecular weight excluding hydrogens is 194 g/mol. The fraction of sp³-hybridized carbons (Fsp3) is 0.364. The summed E-state index contributed by atoms with van der Waals surface area (Å²) in [6.45, 7) is 1.84. The minimum Gasteiger partial charge on any atom is -0.496 e. The summed E-state index contributed by atoms with van der Waals surface area (Å²) in [5.74, 6) is 1.05. The lowest BCUT2D eigenvalue weighted by Crippen LogP contribution is -2.15. The highest BCUT2D eigenvalue weighted by Crippen LogP contribution is 2.28. The van der Waals surface area contributed by atoms with Gasteiger partial charge in [-0.2, -0.15) is 0 Å². The van der Waals surface area contributed by atoms with Gasteiger partial charge in [-0.3, -0.25) is 4.79 Å². The molecule has 4 nitrogen and oxygen atoms in total. The molecule has 0 atom stereocenters. The molecule has 0 aliphatic carbocycles. The molecule has 0 bridgehead atoms. The van der Waals surface area contributed by atoms with Gasteiger partial charge in [0.1, 0.15) is 11.5 Å². The van der Waals surface area contributed by atoms with Gasteiger partial charge in [0.15, 0.2) is 5.78 Å². The number of benzene rings is 1. The van der Waals surface area contributed by atoms with Crippen molar-refractivity contribution < 1.29 is 14.3 Å². The highest BCUT2D eigenvalue weighted by molar-refractivity contribution is 6.00. The van der Waals surface area contributed by atoms with E-state index in [0.717, 1.165) is 5.56 Å². The van der Waals surface area contributed by atoms with E-state index in [9.17, 15) is 4.79 Å². The quantitative estimate of drug-likeness (QED) is 0.756. The van der Waals surface area contributed by atoms with E-state index in [0.29, 0.717) is 17.1 Å². The average Bonchev–Trinajstić information content (AvgIpc) is 2.27. The van der Waals surface area contributed by atoms with Gasteiger partial charge in [0.25, 0.3) is 0 Å². The maximum absolute atomic E-state index is 11.5. The first-order chi connectivity index (χ1) is 7.13. The lowest BCUT2D eigenvalue weighted by Gasteiger charge is -2.11. The molecule has 0 saturated carbocycles. The number of carbonyl (C=O) groups is 1. The third-order valence-corrected chi connectivity index (χ3v) is 2.20. The van der Waals surface area contributed by atoms with Gasteiger partial charge in [-0.05, 0) is 18.6 Å². The first-order valence-corrected chi connectivity index (χ1v) is 4.60. The lowest BCUT2D eigenvalue weighted by molar-refractivity contribution is 0.0998. The number of carbonyl (C=O) groups excluding carboxylic acids is 1. The van der Waals surface area contributed by atoms with Crippen molar-refractivity contribution in [3.05, 3.63) is 23.3 Å². The summed E-state index contributed by atoms with van der Waals surface area (Å²) in [5.41, 5.74) is 6.69. The van der Waals surface area contributed by atoms with E-state index >= 15 is 0 Å². The molecule has 0 saturated heterocycles. The minimum atomic E-state index is -0.141. The summed E-state index contributed by atoms with van der Waals surface area (Å²) < 4.78 is 10.2. The Hall–Kier alpha value is -1.55. The molecule has 82 valence electrons. The Bertz CT molecular complexity index is 374. The van der Waals surface area contributed by atoms with E-state index in [-0.39, 0.29) is 12.3 Å². The van der Waals surface area contributed by atoms with Crippen LogP contribution < -0.4 is 15.2 Å². The predicted octanol–water partition coefficient (Wildman–Crippen LogP) is 1.15. The number of rotatable bonds is 4. The zero-order valence-electron chi connectivity index (χ0n) is 9.16. The van der Waals surface area contributed by atoms with Crippen molar-refractivity contribution in [2.75, 3.05) is 20.8 Å². The number of Topliss-reactive ketones (excluding diaryl/α,β-unsaturated/α-hetero) is 1. The zero-order chi connectivity index (χ0) is 11.4. The SMILES string of the molecule is COc1cc(OC)c(C(=O)CN)cc1C. The second kappa shape index (κ2) is 4.79. The van der Waals surface area contributed by atoms with Gasteiger partial charge in [-0.15, -0.1) is 0 Å². The molecule has 0 aliphatic heterocycles. The molecular formula is C11H15NO3. The van der Waals surface area contributed by atoms with E-state index in [1.807, 2.05) is 6.92 Å². The Balaban J connectivity index is 3.27. The Morgan fingerprint density at radius 2 is 1.87 bits per heavy atom. The van der Waals surface area contributed by atoms with Gasteiger partial charge in [-0.1, -0.05) is 0 Å². The number of nitrogens with two attached hydrogens (primary N) is 1. The molecule has 0 aliphatic rings. The standard InChI is InChI=1S/C11H15NO3/c1-7-4-8(9(13)6-12)11(15-3)5-10(7)14-2/h4-5H,6,12H2,1-3H3. The van der Waals surface area contributed by atoms with Crippen LogP contribution in [0.25, 0.3) is 0 Å². The Kier molecular flexibility index (Phi) is 3.68. The van der Waals surface area contributed by atoms with E-state index < -0.39 is 0 Å². The van der Waals surface area contributed by atoms with Gasteiger partial charge in [-0.25, -0.2) is 0 Å². The monoisotopic (exact) mass is 209 g/mol. The van der Waals surface area contributed by atoms with Gasteiger partial charge in [0.2, 0.25) is 0 Å². The Labute approximate surface area is 89.0 Å². The van der Waals surface area contributed by atoms with Crippen LogP contribution >= 0.6 is 0 Å². The smallest absolute Gasteiger partial charge is 0.180 e. The molecule has 1 rings (SSSR count). The van der Waals surface area contributed by atoms with Crippen LogP contribution in [0.15, 0.2) is 12.1 Å². The number of methoxy groups -OCH3 is 2. The third-order valence-electron chi connectivity index (χ3n) is 2.20. The van der Waals surface area contributed by atoms with Crippen LogP contribution in [0.4, 0.5) is 0 Å². The van der Waals surface area contributed by atoms with E-state index in [2.05, 4.69) is 0 Å². The second-order valence-electron chi connectivity index (χ2n) is 3.15. The highest BCUT2D eigenvalue weighted by atomic mass is 16.5. The van der Waals surface area contributed by atoms with E-state index in [1.54, 1.807) is 19.2 Å². The van der Waals surface area contributed by atoms with Gasteiger partial charge in [0, 0.05) is 6.07 Å². The van der Waals surface area contributed by atoms with Crippen molar-refractivity contribution in [2.24, 2.45) is 5.73 Å². The molecule has 4 heteroatoms. The summed E-state index contributed by atoms with van der Waals surface area (Å²) >= 11 is 0. The topological polar surface area (TPSA) is 61.5 Å². The predicted molar refractivity (Wildman–Crippen MR) is 57.7 cm³/mol. The van der Waals surface area contributed by atoms with Crippen molar-refractivity contribution in [2.45, 2.75) is 6.92 Å². The lowest BCUT2D eigenvalue weighted by atomic mass is 10.1. The maximum atomic E-state index is 11.5. The largest absolute Gasteiger partial charge is 0.496 e. The Morgan fingerprint density at radius 1 is 1.27 bits per heavy atom. The number of ether oxygens (including phenoxy) is 2. The molecule has 0 radical (unpaired) electrons. The maximum Gasteiger partial charge on any atom is 0.180 e. The molecule has 1 aromatic rings. The minimum absolute atomic E-state index is 0.0257. The van der Waals surface area contributed by atoms with Crippen LogP contribution in [0.2, 0.25) is 0 Å². The molecule has 0 unspecified atom stereocenters. The molecule has 0 amide bonds. The van der Waals surface area contributed by atoms with Crippen LogP contribution in [-0.2, 0) is 0 Å². The first kappa shape index (κ1) is 11.5. The summed E-state index contributed by atoms with van der Waals surface area (Å²) in [6, 6.07) is 3.42. The number of hydrogen-bond acceptors (Lipinski definition) is 4. The molecule has 1 aromatic carbocycles. The van der Waals surface area contributed by atoms with Crippen LogP contribution in [0, 0.1) is 6.92 Å². The van der Waals surface area contributed by atoms with Gasteiger partial charge in [0.05, 0.1) is 26.3 Å². The van der Waals surface area contributed by atoms with Crippen LogP contribution in [0.3, 0.4) is 0 Å². The van der Waals surface area contributed by atoms with Crippen molar-refractivity contribution in [3.8, 4) is 11.5 Å². The number of aryl methyl sites for hydroxylation is 1. The highest BCUT2D eigenvalue weighted by Gasteiger charge is 2.13. The molecule has 2 N–H and O–H groups in total. The van der Waals surface area contributed by atoms with Crippen LogP contribution in [0.1, 0.15) is 15.9 Å². The Morgan fingerprint density at radius 3 is 2.33 bits per heavy atom.